The minimum Gasteiger partial charge on any atom is -0.393 e. The van der Waals surface area contributed by atoms with Gasteiger partial charge in [-0.05, 0) is 32.0 Å². The minimum absolute atomic E-state index is 0.140. The SMILES string of the molecule is CNS(=O)(=O)c1ccc(NCC2CCCC2O)nc1. The number of sulfonamides is 1. The Labute approximate surface area is 113 Å². The van der Waals surface area contributed by atoms with Gasteiger partial charge in [-0.15, -0.1) is 0 Å². The standard InChI is InChI=1S/C12H19N3O3S/c1-13-19(17,18)10-5-6-12(15-8-10)14-7-9-3-2-4-11(9)16/h5-6,8-9,11,13,16H,2-4,7H2,1H3,(H,14,15). The number of rotatable bonds is 5. The second-order valence-corrected chi connectivity index (χ2v) is 6.61. The zero-order valence-corrected chi connectivity index (χ0v) is 11.7. The van der Waals surface area contributed by atoms with Crippen LogP contribution < -0.4 is 10.0 Å². The van der Waals surface area contributed by atoms with Crippen LogP contribution in [-0.2, 0) is 10.0 Å². The van der Waals surface area contributed by atoms with E-state index in [0.717, 1.165) is 19.3 Å². The number of nitrogens with zero attached hydrogens (tertiary/aromatic N) is 1. The van der Waals surface area contributed by atoms with Gasteiger partial charge in [0.2, 0.25) is 10.0 Å². The lowest BCUT2D eigenvalue weighted by atomic mass is 10.1. The van der Waals surface area contributed by atoms with Gasteiger partial charge in [-0.3, -0.25) is 0 Å². The summed E-state index contributed by atoms with van der Waals surface area (Å²) < 4.78 is 25.3. The average molecular weight is 285 g/mol. The van der Waals surface area contributed by atoms with Gasteiger partial charge in [0, 0.05) is 18.7 Å². The van der Waals surface area contributed by atoms with E-state index in [1.807, 2.05) is 0 Å². The zero-order valence-electron chi connectivity index (χ0n) is 10.8. The molecule has 1 heterocycles. The van der Waals surface area contributed by atoms with Gasteiger partial charge in [0.15, 0.2) is 0 Å². The molecule has 7 heteroatoms. The first kappa shape index (κ1) is 14.2. The van der Waals surface area contributed by atoms with E-state index in [1.54, 1.807) is 6.07 Å². The van der Waals surface area contributed by atoms with Gasteiger partial charge >= 0.3 is 0 Å². The van der Waals surface area contributed by atoms with Gasteiger partial charge in [0.05, 0.1) is 6.10 Å². The van der Waals surface area contributed by atoms with Crippen LogP contribution in [0.1, 0.15) is 19.3 Å². The Bertz CT molecular complexity index is 516. The van der Waals surface area contributed by atoms with Crippen molar-refractivity contribution in [1.29, 1.82) is 0 Å². The highest BCUT2D eigenvalue weighted by Gasteiger charge is 2.24. The molecule has 0 bridgehead atoms. The quantitative estimate of drug-likeness (QED) is 0.735. The number of pyridine rings is 1. The molecule has 0 saturated heterocycles. The van der Waals surface area contributed by atoms with Crippen molar-refractivity contribution in [2.75, 3.05) is 18.9 Å². The first-order valence-electron chi connectivity index (χ1n) is 6.34. The molecular weight excluding hydrogens is 266 g/mol. The summed E-state index contributed by atoms with van der Waals surface area (Å²) in [6, 6.07) is 3.14. The van der Waals surface area contributed by atoms with E-state index in [-0.39, 0.29) is 16.9 Å². The lowest BCUT2D eigenvalue weighted by Gasteiger charge is -2.15. The highest BCUT2D eigenvalue weighted by molar-refractivity contribution is 7.89. The topological polar surface area (TPSA) is 91.3 Å². The highest BCUT2D eigenvalue weighted by Crippen LogP contribution is 2.25. The lowest BCUT2D eigenvalue weighted by molar-refractivity contribution is 0.138. The van der Waals surface area contributed by atoms with Gasteiger partial charge in [-0.25, -0.2) is 18.1 Å². The summed E-state index contributed by atoms with van der Waals surface area (Å²) in [5.41, 5.74) is 0. The number of aliphatic hydroxyl groups is 1. The highest BCUT2D eigenvalue weighted by atomic mass is 32.2. The van der Waals surface area contributed by atoms with Gasteiger partial charge in [-0.1, -0.05) is 6.42 Å². The Morgan fingerprint density at radius 1 is 1.42 bits per heavy atom. The fourth-order valence-electron chi connectivity index (χ4n) is 2.25. The molecule has 1 fully saturated rings. The number of nitrogens with one attached hydrogen (secondary N) is 2. The molecule has 1 aliphatic carbocycles. The maximum Gasteiger partial charge on any atom is 0.241 e. The molecule has 2 rings (SSSR count). The van der Waals surface area contributed by atoms with E-state index < -0.39 is 10.0 Å². The number of hydrogen-bond donors (Lipinski definition) is 3. The number of anilines is 1. The summed E-state index contributed by atoms with van der Waals surface area (Å²) in [5.74, 6) is 0.872. The fourth-order valence-corrected chi connectivity index (χ4v) is 2.93. The molecule has 1 aliphatic rings. The Balaban J connectivity index is 1.96. The largest absolute Gasteiger partial charge is 0.393 e. The molecule has 0 radical (unpaired) electrons. The Morgan fingerprint density at radius 3 is 2.74 bits per heavy atom. The monoisotopic (exact) mass is 285 g/mol. The molecule has 0 spiro atoms. The molecular formula is C12H19N3O3S. The molecule has 2 unspecified atom stereocenters. The smallest absolute Gasteiger partial charge is 0.241 e. The van der Waals surface area contributed by atoms with Crippen molar-refractivity contribution < 1.29 is 13.5 Å². The maximum absolute atomic E-state index is 11.5. The van der Waals surface area contributed by atoms with Crippen LogP contribution in [0, 0.1) is 5.92 Å². The van der Waals surface area contributed by atoms with E-state index in [2.05, 4.69) is 15.0 Å². The Kier molecular flexibility index (Phi) is 4.38. The van der Waals surface area contributed by atoms with Crippen molar-refractivity contribution in [3.63, 3.8) is 0 Å². The molecule has 2 atom stereocenters. The molecule has 106 valence electrons. The summed E-state index contributed by atoms with van der Waals surface area (Å²) in [5, 5.41) is 12.8. The van der Waals surface area contributed by atoms with Gasteiger partial charge in [0.1, 0.15) is 10.7 Å². The lowest BCUT2D eigenvalue weighted by Crippen LogP contribution is -2.22. The van der Waals surface area contributed by atoms with Crippen LogP contribution in [0.25, 0.3) is 0 Å². The van der Waals surface area contributed by atoms with Crippen molar-refractivity contribution in [3.8, 4) is 0 Å². The zero-order chi connectivity index (χ0) is 13.9. The molecule has 0 aliphatic heterocycles. The van der Waals surface area contributed by atoms with E-state index in [9.17, 15) is 13.5 Å². The molecule has 1 aromatic heterocycles. The number of hydrogen-bond acceptors (Lipinski definition) is 5. The molecule has 1 saturated carbocycles. The van der Waals surface area contributed by atoms with Crippen LogP contribution >= 0.6 is 0 Å². The first-order valence-corrected chi connectivity index (χ1v) is 7.83. The van der Waals surface area contributed by atoms with E-state index in [0.29, 0.717) is 12.4 Å². The molecule has 3 N–H and O–H groups in total. The third-order valence-electron chi connectivity index (χ3n) is 3.48. The van der Waals surface area contributed by atoms with Gasteiger partial charge in [0.25, 0.3) is 0 Å². The summed E-state index contributed by atoms with van der Waals surface area (Å²) in [6.45, 7) is 0.659. The van der Waals surface area contributed by atoms with Crippen LogP contribution in [0.15, 0.2) is 23.2 Å². The first-order chi connectivity index (χ1) is 9.03. The molecule has 19 heavy (non-hydrogen) atoms. The second-order valence-electron chi connectivity index (χ2n) is 4.73. The third-order valence-corrected chi connectivity index (χ3v) is 4.88. The third kappa shape index (κ3) is 3.43. The molecule has 0 aromatic carbocycles. The van der Waals surface area contributed by atoms with Crippen molar-refractivity contribution in [1.82, 2.24) is 9.71 Å². The van der Waals surface area contributed by atoms with E-state index >= 15 is 0 Å². The van der Waals surface area contributed by atoms with Crippen molar-refractivity contribution >= 4 is 15.8 Å². The summed E-state index contributed by atoms with van der Waals surface area (Å²) in [7, 11) is -2.07. The van der Waals surface area contributed by atoms with Crippen molar-refractivity contribution in [2.45, 2.75) is 30.3 Å². The van der Waals surface area contributed by atoms with E-state index in [1.165, 1.54) is 19.3 Å². The Morgan fingerprint density at radius 2 is 2.21 bits per heavy atom. The normalized spacial score (nSPS) is 23.5. The minimum atomic E-state index is -3.43. The van der Waals surface area contributed by atoms with Crippen molar-refractivity contribution in [3.05, 3.63) is 18.3 Å². The molecule has 6 nitrogen and oxygen atoms in total. The molecule has 0 amide bonds. The Hall–Kier alpha value is -1.18. The summed E-state index contributed by atoms with van der Waals surface area (Å²) in [4.78, 5) is 4.21. The average Bonchev–Trinajstić information content (AvgIpc) is 2.82. The fraction of sp³-hybridized carbons (Fsp3) is 0.583. The van der Waals surface area contributed by atoms with Gasteiger partial charge < -0.3 is 10.4 Å². The second kappa shape index (κ2) is 5.85. The van der Waals surface area contributed by atoms with E-state index in [4.69, 9.17) is 0 Å². The predicted octanol–water partition coefficient (Wildman–Crippen LogP) is 0.563. The summed E-state index contributed by atoms with van der Waals surface area (Å²) in [6.07, 6.45) is 4.01. The van der Waals surface area contributed by atoms with Crippen molar-refractivity contribution in [2.24, 2.45) is 5.92 Å². The van der Waals surface area contributed by atoms with Crippen LogP contribution in [0.2, 0.25) is 0 Å². The van der Waals surface area contributed by atoms with Crippen LogP contribution in [0.5, 0.6) is 0 Å². The summed E-state index contributed by atoms with van der Waals surface area (Å²) >= 11 is 0. The number of aromatic nitrogens is 1. The predicted molar refractivity (Wildman–Crippen MR) is 72.3 cm³/mol. The van der Waals surface area contributed by atoms with Gasteiger partial charge in [-0.2, -0.15) is 0 Å². The van der Waals surface area contributed by atoms with Crippen LogP contribution in [-0.4, -0.2) is 38.2 Å². The van der Waals surface area contributed by atoms with Crippen LogP contribution in [0.4, 0.5) is 5.82 Å². The molecule has 1 aromatic rings. The number of aliphatic hydroxyl groups excluding tert-OH is 1. The maximum atomic E-state index is 11.5. The van der Waals surface area contributed by atoms with Crippen LogP contribution in [0.3, 0.4) is 0 Å².